The summed E-state index contributed by atoms with van der Waals surface area (Å²) in [6.45, 7) is 10.5. The number of nitrogens with one attached hydrogen (secondary N) is 2. The highest BCUT2D eigenvalue weighted by molar-refractivity contribution is 4.72. The van der Waals surface area contributed by atoms with Gasteiger partial charge in [-0.1, -0.05) is 27.2 Å². The smallest absolute Gasteiger partial charge is 0.00675 e. The topological polar surface area (TPSA) is 24.1 Å². The Bertz CT molecular complexity index is 162. The van der Waals surface area contributed by atoms with Gasteiger partial charge in [0.2, 0.25) is 0 Å². The fourth-order valence-electron chi connectivity index (χ4n) is 2.21. The zero-order valence-corrected chi connectivity index (χ0v) is 11.4. The largest absolute Gasteiger partial charge is 0.316 e. The van der Waals surface area contributed by atoms with Gasteiger partial charge in [0.15, 0.2) is 0 Å². The minimum Gasteiger partial charge on any atom is -0.316 e. The molecule has 1 rings (SSSR count). The molecule has 0 aromatic rings. The van der Waals surface area contributed by atoms with Crippen LogP contribution in [0.2, 0.25) is 0 Å². The van der Waals surface area contributed by atoms with Crippen molar-refractivity contribution in [3.63, 3.8) is 0 Å². The average molecular weight is 226 g/mol. The molecule has 0 amide bonds. The SMILES string of the molecule is CC(C)C(C)CNCCCC1CCCCN1. The molecule has 0 aromatic carbocycles. The first kappa shape index (κ1) is 14.0. The van der Waals surface area contributed by atoms with Crippen LogP contribution in [0.25, 0.3) is 0 Å². The van der Waals surface area contributed by atoms with E-state index in [0.717, 1.165) is 17.9 Å². The predicted octanol–water partition coefficient (Wildman–Crippen LogP) is 2.79. The van der Waals surface area contributed by atoms with E-state index < -0.39 is 0 Å². The molecule has 1 fully saturated rings. The Balaban J connectivity index is 1.91. The zero-order chi connectivity index (χ0) is 11.8. The maximum Gasteiger partial charge on any atom is 0.00675 e. The molecule has 0 bridgehead atoms. The first-order valence-corrected chi connectivity index (χ1v) is 7.14. The van der Waals surface area contributed by atoms with Crippen molar-refractivity contribution >= 4 is 0 Å². The van der Waals surface area contributed by atoms with Crippen LogP contribution in [0.3, 0.4) is 0 Å². The molecular weight excluding hydrogens is 196 g/mol. The van der Waals surface area contributed by atoms with Gasteiger partial charge in [0.1, 0.15) is 0 Å². The third-order valence-corrected chi connectivity index (χ3v) is 3.92. The molecule has 0 spiro atoms. The Morgan fingerprint density at radius 1 is 1.25 bits per heavy atom. The first-order chi connectivity index (χ1) is 7.70. The van der Waals surface area contributed by atoms with Crippen LogP contribution >= 0.6 is 0 Å². The molecule has 2 heteroatoms. The van der Waals surface area contributed by atoms with Crippen molar-refractivity contribution < 1.29 is 0 Å². The van der Waals surface area contributed by atoms with Gasteiger partial charge in [-0.2, -0.15) is 0 Å². The van der Waals surface area contributed by atoms with E-state index in [1.54, 1.807) is 0 Å². The zero-order valence-electron chi connectivity index (χ0n) is 11.4. The van der Waals surface area contributed by atoms with Crippen LogP contribution < -0.4 is 10.6 Å². The molecule has 2 nitrogen and oxygen atoms in total. The van der Waals surface area contributed by atoms with Crippen LogP contribution in [-0.4, -0.2) is 25.7 Å². The summed E-state index contributed by atoms with van der Waals surface area (Å²) in [6, 6.07) is 0.804. The van der Waals surface area contributed by atoms with Crippen molar-refractivity contribution in [2.45, 2.75) is 58.9 Å². The van der Waals surface area contributed by atoms with Crippen LogP contribution in [0.1, 0.15) is 52.9 Å². The Labute approximate surface area is 102 Å². The maximum absolute atomic E-state index is 3.61. The van der Waals surface area contributed by atoms with Crippen LogP contribution in [0.4, 0.5) is 0 Å². The third-order valence-electron chi connectivity index (χ3n) is 3.92. The van der Waals surface area contributed by atoms with Crippen molar-refractivity contribution in [3.8, 4) is 0 Å². The molecule has 96 valence electrons. The minimum absolute atomic E-state index is 0.799. The lowest BCUT2D eigenvalue weighted by molar-refractivity contribution is 0.361. The van der Waals surface area contributed by atoms with Gasteiger partial charge in [0.25, 0.3) is 0 Å². The summed E-state index contributed by atoms with van der Waals surface area (Å²) in [4.78, 5) is 0. The van der Waals surface area contributed by atoms with Crippen LogP contribution in [-0.2, 0) is 0 Å². The Kier molecular flexibility index (Phi) is 7.06. The van der Waals surface area contributed by atoms with Crippen LogP contribution in [0.15, 0.2) is 0 Å². The van der Waals surface area contributed by atoms with Gasteiger partial charge in [-0.25, -0.2) is 0 Å². The van der Waals surface area contributed by atoms with Gasteiger partial charge in [-0.05, 0) is 57.2 Å². The van der Waals surface area contributed by atoms with E-state index in [1.165, 1.54) is 51.7 Å². The van der Waals surface area contributed by atoms with E-state index in [4.69, 9.17) is 0 Å². The summed E-state index contributed by atoms with van der Waals surface area (Å²) in [5.41, 5.74) is 0. The molecule has 2 unspecified atom stereocenters. The van der Waals surface area contributed by atoms with Crippen molar-refractivity contribution in [2.24, 2.45) is 11.8 Å². The highest BCUT2D eigenvalue weighted by Crippen LogP contribution is 2.11. The summed E-state index contributed by atoms with van der Waals surface area (Å²) >= 11 is 0. The number of piperidine rings is 1. The lowest BCUT2D eigenvalue weighted by Gasteiger charge is -2.23. The van der Waals surface area contributed by atoms with E-state index >= 15 is 0 Å². The van der Waals surface area contributed by atoms with Crippen LogP contribution in [0, 0.1) is 11.8 Å². The second-order valence-corrected chi connectivity index (χ2v) is 5.71. The number of hydrogen-bond donors (Lipinski definition) is 2. The fraction of sp³-hybridized carbons (Fsp3) is 1.00. The monoisotopic (exact) mass is 226 g/mol. The maximum atomic E-state index is 3.61. The minimum atomic E-state index is 0.799. The second kappa shape index (κ2) is 8.08. The molecule has 1 aliphatic heterocycles. The fourth-order valence-corrected chi connectivity index (χ4v) is 2.21. The summed E-state index contributed by atoms with van der Waals surface area (Å²) in [5, 5.41) is 7.19. The first-order valence-electron chi connectivity index (χ1n) is 7.14. The molecule has 2 atom stereocenters. The lowest BCUT2D eigenvalue weighted by atomic mass is 9.98. The molecule has 2 N–H and O–H groups in total. The van der Waals surface area contributed by atoms with Crippen LogP contribution in [0.5, 0.6) is 0 Å². The summed E-state index contributed by atoms with van der Waals surface area (Å²) in [6.07, 6.45) is 6.87. The van der Waals surface area contributed by atoms with Gasteiger partial charge in [-0.15, -0.1) is 0 Å². The van der Waals surface area contributed by atoms with Gasteiger partial charge in [0, 0.05) is 6.04 Å². The summed E-state index contributed by atoms with van der Waals surface area (Å²) in [5.74, 6) is 1.60. The van der Waals surface area contributed by atoms with Gasteiger partial charge < -0.3 is 10.6 Å². The van der Waals surface area contributed by atoms with E-state index in [-0.39, 0.29) is 0 Å². The van der Waals surface area contributed by atoms with Gasteiger partial charge in [0.05, 0.1) is 0 Å². The highest BCUT2D eigenvalue weighted by Gasteiger charge is 2.11. The Morgan fingerprint density at radius 2 is 2.06 bits per heavy atom. The van der Waals surface area contributed by atoms with Gasteiger partial charge >= 0.3 is 0 Å². The molecule has 0 saturated carbocycles. The Morgan fingerprint density at radius 3 is 2.69 bits per heavy atom. The molecule has 0 aliphatic carbocycles. The molecule has 0 aromatic heterocycles. The predicted molar refractivity (Wildman–Crippen MR) is 71.7 cm³/mol. The number of hydrogen-bond acceptors (Lipinski definition) is 2. The number of rotatable bonds is 7. The van der Waals surface area contributed by atoms with E-state index in [2.05, 4.69) is 31.4 Å². The summed E-state index contributed by atoms with van der Waals surface area (Å²) in [7, 11) is 0. The quantitative estimate of drug-likeness (QED) is 0.652. The Hall–Kier alpha value is -0.0800. The third kappa shape index (κ3) is 5.86. The standard InChI is InChI=1S/C14H30N2/c1-12(2)13(3)11-15-9-6-8-14-7-4-5-10-16-14/h12-16H,4-11H2,1-3H3. The average Bonchev–Trinajstić information content (AvgIpc) is 2.29. The second-order valence-electron chi connectivity index (χ2n) is 5.71. The molecule has 16 heavy (non-hydrogen) atoms. The molecule has 1 heterocycles. The summed E-state index contributed by atoms with van der Waals surface area (Å²) < 4.78 is 0. The molecule has 1 saturated heterocycles. The van der Waals surface area contributed by atoms with E-state index in [1.807, 2.05) is 0 Å². The van der Waals surface area contributed by atoms with Gasteiger partial charge in [-0.3, -0.25) is 0 Å². The lowest BCUT2D eigenvalue weighted by Crippen LogP contribution is -2.34. The molecule has 1 aliphatic rings. The van der Waals surface area contributed by atoms with Crippen molar-refractivity contribution in [2.75, 3.05) is 19.6 Å². The normalized spacial score (nSPS) is 23.6. The van der Waals surface area contributed by atoms with E-state index in [9.17, 15) is 0 Å². The van der Waals surface area contributed by atoms with Crippen molar-refractivity contribution in [3.05, 3.63) is 0 Å². The van der Waals surface area contributed by atoms with Crippen molar-refractivity contribution in [1.82, 2.24) is 10.6 Å². The highest BCUT2D eigenvalue weighted by atomic mass is 14.9. The van der Waals surface area contributed by atoms with Crippen molar-refractivity contribution in [1.29, 1.82) is 0 Å². The van der Waals surface area contributed by atoms with E-state index in [0.29, 0.717) is 0 Å². The molecule has 0 radical (unpaired) electrons. The molecular formula is C14H30N2.